The fraction of sp³-hybridized carbons (Fsp3) is 0.880. The van der Waals surface area contributed by atoms with Crippen molar-refractivity contribution < 1.29 is 24.2 Å². The van der Waals surface area contributed by atoms with Crippen LogP contribution >= 0.6 is 0 Å². The molecule has 0 aromatic rings. The number of unbranched alkanes of at least 4 members (excludes halogenated alkanes) is 11. The Bertz CT molecular complexity index is 467. The van der Waals surface area contributed by atoms with E-state index in [-0.39, 0.29) is 24.5 Å². The molecule has 1 amide bonds. The Hall–Kier alpha value is -1.59. The van der Waals surface area contributed by atoms with Gasteiger partial charge in [0.1, 0.15) is 12.6 Å². The standard InChI is InChI=1S/C25H47NO5/c1-3-5-6-7-8-9-10-11-12-16-20-25(30)31-22(17-4-2)18-14-13-15-19-23(27)26-21-24(28)29/h22H,3-21H2,1-2H3,(H,26,27)(H,28,29). The molecular weight excluding hydrogens is 394 g/mol. The first-order valence-electron chi connectivity index (χ1n) is 12.7. The van der Waals surface area contributed by atoms with Crippen LogP contribution in [0.4, 0.5) is 0 Å². The van der Waals surface area contributed by atoms with Gasteiger partial charge in [-0.3, -0.25) is 14.4 Å². The third-order valence-electron chi connectivity index (χ3n) is 5.51. The predicted molar refractivity (Wildman–Crippen MR) is 125 cm³/mol. The Morgan fingerprint density at radius 1 is 0.710 bits per heavy atom. The summed E-state index contributed by atoms with van der Waals surface area (Å²) in [6.07, 6.45) is 18.5. The molecule has 0 aliphatic rings. The zero-order chi connectivity index (χ0) is 23.2. The minimum Gasteiger partial charge on any atom is -0.480 e. The van der Waals surface area contributed by atoms with Gasteiger partial charge in [-0.15, -0.1) is 0 Å². The minimum absolute atomic E-state index is 0.0264. The van der Waals surface area contributed by atoms with Gasteiger partial charge in [0, 0.05) is 12.8 Å². The van der Waals surface area contributed by atoms with Crippen LogP contribution in [0.1, 0.15) is 129 Å². The largest absolute Gasteiger partial charge is 0.480 e. The first kappa shape index (κ1) is 29.4. The number of esters is 1. The van der Waals surface area contributed by atoms with Gasteiger partial charge >= 0.3 is 11.9 Å². The normalized spacial score (nSPS) is 11.8. The van der Waals surface area contributed by atoms with Crippen molar-refractivity contribution in [3.05, 3.63) is 0 Å². The van der Waals surface area contributed by atoms with Gasteiger partial charge in [-0.25, -0.2) is 0 Å². The lowest BCUT2D eigenvalue weighted by Crippen LogP contribution is -2.28. The number of ether oxygens (including phenoxy) is 1. The molecule has 0 aromatic heterocycles. The predicted octanol–water partition coefficient (Wildman–Crippen LogP) is 6.16. The molecule has 0 spiro atoms. The molecule has 0 rings (SSSR count). The molecule has 182 valence electrons. The lowest BCUT2D eigenvalue weighted by Gasteiger charge is -2.17. The molecule has 2 N–H and O–H groups in total. The molecule has 1 unspecified atom stereocenters. The maximum atomic E-state index is 12.1. The molecule has 0 aromatic carbocycles. The Morgan fingerprint density at radius 2 is 1.26 bits per heavy atom. The fourth-order valence-electron chi connectivity index (χ4n) is 3.68. The highest BCUT2D eigenvalue weighted by Crippen LogP contribution is 2.16. The first-order chi connectivity index (χ1) is 15.0. The zero-order valence-corrected chi connectivity index (χ0v) is 20.1. The molecule has 0 radical (unpaired) electrons. The van der Waals surface area contributed by atoms with Crippen LogP contribution in [-0.2, 0) is 19.1 Å². The SMILES string of the molecule is CCCCCCCCCCCCC(=O)OC(CCC)CCCCCC(=O)NCC(=O)O. The van der Waals surface area contributed by atoms with Crippen molar-refractivity contribution in [1.29, 1.82) is 0 Å². The molecule has 31 heavy (non-hydrogen) atoms. The number of carboxylic acids is 1. The molecule has 0 bridgehead atoms. The summed E-state index contributed by atoms with van der Waals surface area (Å²) in [5.41, 5.74) is 0. The molecule has 6 nitrogen and oxygen atoms in total. The van der Waals surface area contributed by atoms with E-state index < -0.39 is 5.97 Å². The van der Waals surface area contributed by atoms with Crippen LogP contribution in [0.2, 0.25) is 0 Å². The monoisotopic (exact) mass is 441 g/mol. The summed E-state index contributed by atoms with van der Waals surface area (Å²) >= 11 is 0. The third-order valence-corrected chi connectivity index (χ3v) is 5.51. The van der Waals surface area contributed by atoms with Gasteiger partial charge in [-0.05, 0) is 32.1 Å². The van der Waals surface area contributed by atoms with Gasteiger partial charge in [0.05, 0.1) is 0 Å². The number of carbonyl (C=O) groups is 3. The van der Waals surface area contributed by atoms with Crippen molar-refractivity contribution in [1.82, 2.24) is 5.32 Å². The lowest BCUT2D eigenvalue weighted by atomic mass is 10.0. The summed E-state index contributed by atoms with van der Waals surface area (Å²) in [4.78, 5) is 34.0. The molecule has 0 fully saturated rings. The third kappa shape index (κ3) is 21.4. The molecular formula is C25H47NO5. The van der Waals surface area contributed by atoms with E-state index in [1.807, 2.05) is 0 Å². The number of rotatable bonds is 22. The molecule has 0 aliphatic heterocycles. The van der Waals surface area contributed by atoms with Crippen LogP contribution in [0.25, 0.3) is 0 Å². The Kier molecular flexibility index (Phi) is 20.5. The second-order valence-corrected chi connectivity index (χ2v) is 8.60. The molecule has 0 saturated carbocycles. The van der Waals surface area contributed by atoms with E-state index in [1.165, 1.54) is 51.4 Å². The summed E-state index contributed by atoms with van der Waals surface area (Å²) in [5.74, 6) is -1.34. The fourth-order valence-corrected chi connectivity index (χ4v) is 3.68. The van der Waals surface area contributed by atoms with Gasteiger partial charge in [0.2, 0.25) is 5.91 Å². The molecule has 0 heterocycles. The number of nitrogens with one attached hydrogen (secondary N) is 1. The summed E-state index contributed by atoms with van der Waals surface area (Å²) in [6.45, 7) is 4.01. The highest BCUT2D eigenvalue weighted by Gasteiger charge is 2.13. The van der Waals surface area contributed by atoms with E-state index in [0.29, 0.717) is 12.8 Å². The number of carboxylic acid groups (broad SMARTS) is 1. The second-order valence-electron chi connectivity index (χ2n) is 8.60. The molecule has 6 heteroatoms. The minimum atomic E-state index is -1.03. The maximum Gasteiger partial charge on any atom is 0.322 e. The number of hydrogen-bond donors (Lipinski definition) is 2. The average molecular weight is 442 g/mol. The summed E-state index contributed by atoms with van der Waals surface area (Å²) in [7, 11) is 0. The zero-order valence-electron chi connectivity index (χ0n) is 20.1. The number of aliphatic carboxylic acids is 1. The van der Waals surface area contributed by atoms with Gasteiger partial charge in [0.25, 0.3) is 0 Å². The second kappa shape index (κ2) is 21.6. The van der Waals surface area contributed by atoms with Crippen LogP contribution < -0.4 is 5.32 Å². The number of carbonyl (C=O) groups excluding carboxylic acids is 2. The molecule has 1 atom stereocenters. The van der Waals surface area contributed by atoms with E-state index in [9.17, 15) is 14.4 Å². The van der Waals surface area contributed by atoms with Crippen molar-refractivity contribution in [2.75, 3.05) is 6.54 Å². The summed E-state index contributed by atoms with van der Waals surface area (Å²) < 4.78 is 5.68. The average Bonchev–Trinajstić information content (AvgIpc) is 2.73. The van der Waals surface area contributed by atoms with Gasteiger partial charge in [0.15, 0.2) is 0 Å². The highest BCUT2D eigenvalue weighted by molar-refractivity contribution is 5.80. The summed E-state index contributed by atoms with van der Waals surface area (Å²) in [6, 6.07) is 0. The van der Waals surface area contributed by atoms with E-state index in [1.54, 1.807) is 0 Å². The van der Waals surface area contributed by atoms with Crippen LogP contribution in [0, 0.1) is 0 Å². The molecule has 0 aliphatic carbocycles. The van der Waals surface area contributed by atoms with Crippen LogP contribution in [0.15, 0.2) is 0 Å². The lowest BCUT2D eigenvalue weighted by molar-refractivity contribution is -0.150. The van der Waals surface area contributed by atoms with Crippen LogP contribution in [-0.4, -0.2) is 35.6 Å². The van der Waals surface area contributed by atoms with Crippen LogP contribution in [0.3, 0.4) is 0 Å². The topological polar surface area (TPSA) is 92.7 Å². The van der Waals surface area contributed by atoms with Gasteiger partial charge < -0.3 is 15.2 Å². The number of amides is 1. The smallest absolute Gasteiger partial charge is 0.322 e. The first-order valence-corrected chi connectivity index (χ1v) is 12.7. The van der Waals surface area contributed by atoms with Crippen molar-refractivity contribution >= 4 is 17.8 Å². The van der Waals surface area contributed by atoms with E-state index in [2.05, 4.69) is 19.2 Å². The van der Waals surface area contributed by atoms with Crippen molar-refractivity contribution in [3.63, 3.8) is 0 Å². The van der Waals surface area contributed by atoms with E-state index >= 15 is 0 Å². The molecule has 0 saturated heterocycles. The quantitative estimate of drug-likeness (QED) is 0.155. The summed E-state index contributed by atoms with van der Waals surface area (Å²) in [5, 5.41) is 10.9. The highest BCUT2D eigenvalue weighted by atomic mass is 16.5. The van der Waals surface area contributed by atoms with Gasteiger partial charge in [-0.1, -0.05) is 84.5 Å². The Balaban J connectivity index is 3.72. The van der Waals surface area contributed by atoms with Crippen LogP contribution in [0.5, 0.6) is 0 Å². The van der Waals surface area contributed by atoms with E-state index in [0.717, 1.165) is 51.4 Å². The Morgan fingerprint density at radius 3 is 1.84 bits per heavy atom. The Labute approximate surface area is 189 Å². The number of hydrogen-bond acceptors (Lipinski definition) is 4. The van der Waals surface area contributed by atoms with E-state index in [4.69, 9.17) is 9.84 Å². The maximum absolute atomic E-state index is 12.1. The van der Waals surface area contributed by atoms with Gasteiger partial charge in [-0.2, -0.15) is 0 Å². The van der Waals surface area contributed by atoms with Crippen molar-refractivity contribution in [3.8, 4) is 0 Å². The van der Waals surface area contributed by atoms with Crippen molar-refractivity contribution in [2.45, 2.75) is 136 Å². The van der Waals surface area contributed by atoms with Crippen molar-refractivity contribution in [2.24, 2.45) is 0 Å².